The number of hydrogen-bond donors (Lipinski definition) is 2. The summed E-state index contributed by atoms with van der Waals surface area (Å²) in [4.78, 5) is 12.2. The molecule has 2 N–H and O–H groups in total. The molecule has 11 rings (SSSR count). The number of nitrogens with zero attached hydrogens (tertiary/aromatic N) is 17. The molecule has 4 aromatic heterocycles. The number of para-hydroxylation sites is 4. The number of benzene rings is 4. The Morgan fingerprint density at radius 2 is 0.877 bits per heavy atom. The van der Waals surface area contributed by atoms with Gasteiger partial charge in [0.15, 0.2) is 0 Å². The Labute approximate surface area is 403 Å². The second-order valence-electron chi connectivity index (χ2n) is 15.6. The molecule has 7 heterocycles. The van der Waals surface area contributed by atoms with Crippen molar-refractivity contribution in [2.75, 3.05) is 67.5 Å². The van der Waals surface area contributed by atoms with Crippen LogP contribution in [-0.4, -0.2) is 178 Å². The van der Waals surface area contributed by atoms with Crippen molar-refractivity contribution in [3.8, 4) is 0 Å². The zero-order valence-electron chi connectivity index (χ0n) is 38.1. The van der Waals surface area contributed by atoms with Crippen LogP contribution in [0.1, 0.15) is 38.5 Å². The summed E-state index contributed by atoms with van der Waals surface area (Å²) in [7, 11) is 9.32. The average molecular weight is 1130 g/mol. The zero-order chi connectivity index (χ0) is 45.8. The van der Waals surface area contributed by atoms with Gasteiger partial charge < -0.3 is 10.4 Å². The van der Waals surface area contributed by atoms with Crippen molar-refractivity contribution in [2.24, 2.45) is 0 Å². The summed E-state index contributed by atoms with van der Waals surface area (Å²) < 4.78 is 22.0. The maximum Gasteiger partial charge on any atom is 0.471 e. The fourth-order valence-corrected chi connectivity index (χ4v) is 12.0. The molecule has 0 saturated carbocycles. The molecule has 0 unspecified atom stereocenters. The predicted octanol–water partition coefficient (Wildman–Crippen LogP) is 3.56. The molecule has 65 heavy (non-hydrogen) atoms. The largest absolute Gasteiger partial charge is 0.471 e. The third-order valence-corrected chi connectivity index (χ3v) is 14.6. The molecule has 3 fully saturated rings. The minimum absolute atomic E-state index is 0. The van der Waals surface area contributed by atoms with Crippen molar-refractivity contribution < 1.29 is 55.6 Å². The standard InChI is InChI=1S/C18H28N6OP.C11H16N5O.2C6H5N3O.BH.U/c1-2-10-18-17(9-1)19-20-24(18)25-26(21-11-3-4-12-21,22-13-5-6-14-22)23-15-7-8-16-23;1-14(2)11(15(3)4)17-16-10-8-6-5-7-9(10)12-13-16;2*10-9-6-4-2-1-3-5(6)7-8-9;;/h1-2,9-10H,3-8,11-16H2;5-8H,1-4H3;2*1-4,10H;1H;/q2*+1;;;;/i;;;;1T;. The van der Waals surface area contributed by atoms with Gasteiger partial charge in [-0.05, 0) is 114 Å². The van der Waals surface area contributed by atoms with Gasteiger partial charge in [0.25, 0.3) is 0 Å². The fraction of sp³-hybridized carbons (Fsp3) is 0.390. The van der Waals surface area contributed by atoms with E-state index in [2.05, 4.69) is 69.7 Å². The Kier molecular flexibility index (Phi) is 16.6. The van der Waals surface area contributed by atoms with E-state index in [-0.39, 0.29) is 31.1 Å². The Morgan fingerprint density at radius 3 is 1.25 bits per heavy atom. The molecule has 0 aliphatic carbocycles. The fourth-order valence-electron chi connectivity index (χ4n) is 7.85. The first kappa shape index (κ1) is 47.5. The van der Waals surface area contributed by atoms with Gasteiger partial charge in [-0.25, -0.2) is 9.48 Å². The number of rotatable bonds is 6. The van der Waals surface area contributed by atoms with Crippen LogP contribution in [0.2, 0.25) is 0 Å². The van der Waals surface area contributed by atoms with Crippen molar-refractivity contribution in [1.29, 1.82) is 1.34 Å². The van der Waals surface area contributed by atoms with Crippen LogP contribution in [0, 0.1) is 31.1 Å². The molecule has 24 heteroatoms. The van der Waals surface area contributed by atoms with Crippen LogP contribution in [0.25, 0.3) is 44.1 Å². The van der Waals surface area contributed by atoms with E-state index in [1.165, 1.54) is 43.4 Å². The Hall–Kier alpha value is -5.42. The normalized spacial score (nSPS) is 15.4. The number of aromatic nitrogens is 12. The Bertz CT molecular complexity index is 2650. The van der Waals surface area contributed by atoms with Crippen molar-refractivity contribution in [2.45, 2.75) is 38.5 Å². The molecule has 3 aliphatic heterocycles. The summed E-state index contributed by atoms with van der Waals surface area (Å²) in [5.41, 5.74) is 6.17. The summed E-state index contributed by atoms with van der Waals surface area (Å²) in [6, 6.07) is 30.8. The SMILES string of the molecule is CN(C)C(On1nnc2ccccc21)=[N+](C)C.On1nnc2ccccc21.On1nnc2ccccc21.[3H][B].[U].c1ccc2c(c1)nnn2O[P+](N1CCCC1)(N1CCCC1)N1CCCC1. The minimum atomic E-state index is -2.07. The van der Waals surface area contributed by atoms with Crippen LogP contribution in [0.4, 0.5) is 0 Å². The molecule has 8 aromatic rings. The van der Waals surface area contributed by atoms with Gasteiger partial charge in [-0.15, -0.1) is 34.4 Å². The quantitative estimate of drug-likeness (QED) is 0.0612. The molecule has 2 radical (unpaired) electrons. The molecule has 338 valence electrons. The van der Waals surface area contributed by atoms with E-state index >= 15 is 0 Å². The van der Waals surface area contributed by atoms with Crippen molar-refractivity contribution in [3.05, 3.63) is 97.1 Å². The Balaban J connectivity index is 0.000000155. The van der Waals surface area contributed by atoms with Crippen molar-refractivity contribution in [3.63, 3.8) is 0 Å². The van der Waals surface area contributed by atoms with Gasteiger partial charge in [-0.1, -0.05) is 63.1 Å². The van der Waals surface area contributed by atoms with E-state index in [1.54, 1.807) is 29.1 Å². The van der Waals surface area contributed by atoms with Gasteiger partial charge in [-0.2, -0.15) is 4.62 Å². The van der Waals surface area contributed by atoms with Crippen molar-refractivity contribution >= 4 is 66.5 Å². The van der Waals surface area contributed by atoms with Gasteiger partial charge in [-0.3, -0.25) is 4.84 Å². The molecule has 0 atom stereocenters. The maximum atomic E-state index is 8.95. The zero-order valence-corrected chi connectivity index (χ0v) is 42.1. The molecule has 21 nitrogen and oxygen atoms in total. The molecule has 4 aromatic carbocycles. The number of fused-ring (bicyclic) bond motifs is 4. The van der Waals surface area contributed by atoms with E-state index in [1.807, 2.05) is 104 Å². The first-order valence-corrected chi connectivity index (χ1v) is 22.6. The van der Waals surface area contributed by atoms with Gasteiger partial charge >= 0.3 is 14.0 Å². The van der Waals surface area contributed by atoms with Gasteiger partial charge in [0.2, 0.25) is 0 Å². The molecular formula is C41H55BN17O4PU+2. The Morgan fingerprint density at radius 1 is 0.554 bits per heavy atom. The average Bonchev–Trinajstić information content (AvgIpc) is 4.20. The summed E-state index contributed by atoms with van der Waals surface area (Å²) in [6.07, 6.45) is 7.61. The maximum absolute atomic E-state index is 8.95. The molecule has 0 amide bonds. The molecule has 3 saturated heterocycles. The van der Waals surface area contributed by atoms with E-state index in [9.17, 15) is 0 Å². The predicted molar refractivity (Wildman–Crippen MR) is 245 cm³/mol. The smallest absolute Gasteiger partial charge is 0.410 e. The molecule has 0 bridgehead atoms. The minimum Gasteiger partial charge on any atom is -0.410 e. The number of amidine groups is 1. The third-order valence-electron chi connectivity index (χ3n) is 10.8. The van der Waals surface area contributed by atoms with Crippen LogP contribution in [0.5, 0.6) is 0 Å². The molecule has 3 aliphatic rings. The van der Waals surface area contributed by atoms with Gasteiger partial charge in [0.05, 0.1) is 28.2 Å². The van der Waals surface area contributed by atoms with Crippen molar-refractivity contribution in [1.82, 2.24) is 79.5 Å². The monoisotopic (exact) mass is 1130 g/mol. The van der Waals surface area contributed by atoms with Crippen LogP contribution >= 0.6 is 7.94 Å². The summed E-state index contributed by atoms with van der Waals surface area (Å²) >= 11 is 0. The van der Waals surface area contributed by atoms with Crippen LogP contribution in [0.15, 0.2) is 97.1 Å². The second-order valence-corrected chi connectivity index (χ2v) is 18.5. The molecule has 0 spiro atoms. The van der Waals surface area contributed by atoms with Crippen LogP contribution in [-0.2, 0) is 0 Å². The van der Waals surface area contributed by atoms with Crippen LogP contribution < -0.4 is 9.46 Å². The summed E-state index contributed by atoms with van der Waals surface area (Å²) in [6.45, 7) is 6.79. The topological polar surface area (TPSA) is 198 Å². The van der Waals surface area contributed by atoms with E-state index in [0.717, 1.165) is 71.0 Å². The molecular weight excluding hydrogens is 1070 g/mol. The van der Waals surface area contributed by atoms with E-state index < -0.39 is 7.94 Å². The first-order valence-electron chi connectivity index (χ1n) is 21.7. The van der Waals surface area contributed by atoms with E-state index in [4.69, 9.17) is 21.2 Å². The third kappa shape index (κ3) is 11.0. The van der Waals surface area contributed by atoms with Gasteiger partial charge in [0, 0.05) is 78.8 Å². The van der Waals surface area contributed by atoms with E-state index in [0.29, 0.717) is 28.1 Å². The summed E-state index contributed by atoms with van der Waals surface area (Å²) in [5, 5.41) is 48.8. The second kappa shape index (κ2) is 22.7. The summed E-state index contributed by atoms with van der Waals surface area (Å²) in [5.74, 6) is 0. The van der Waals surface area contributed by atoms with Crippen LogP contribution in [0.3, 0.4) is 0 Å². The first-order chi connectivity index (χ1) is 31.7. The van der Waals surface area contributed by atoms with Gasteiger partial charge in [0.1, 0.15) is 44.1 Å². The number of hydrogen-bond acceptors (Lipinski definition) is 15.